The summed E-state index contributed by atoms with van der Waals surface area (Å²) in [4.78, 5) is 18.8. The van der Waals surface area contributed by atoms with Crippen molar-refractivity contribution in [3.8, 4) is 0 Å². The van der Waals surface area contributed by atoms with E-state index in [0.717, 1.165) is 5.56 Å². The normalized spacial score (nSPS) is 11.1. The van der Waals surface area contributed by atoms with Crippen LogP contribution in [0.25, 0.3) is 0 Å². The zero-order chi connectivity index (χ0) is 17.7. The summed E-state index contributed by atoms with van der Waals surface area (Å²) in [6, 6.07) is 21.8. The number of carbonyl (C=O) groups excluding carboxylic acids is 1. The van der Waals surface area contributed by atoms with Crippen molar-refractivity contribution in [3.63, 3.8) is 0 Å². The van der Waals surface area contributed by atoms with Gasteiger partial charge in [0.25, 0.3) is 5.91 Å². The van der Waals surface area contributed by atoms with Crippen LogP contribution in [0.1, 0.15) is 16.7 Å². The number of likely N-dealkylation sites (N-methyl/N-ethyl adjacent to an activating group) is 1. The highest BCUT2D eigenvalue weighted by Gasteiger charge is 2.41. The van der Waals surface area contributed by atoms with Gasteiger partial charge in [-0.1, -0.05) is 60.7 Å². The first-order chi connectivity index (χ1) is 12.1. The van der Waals surface area contributed by atoms with Gasteiger partial charge in [-0.3, -0.25) is 9.78 Å². The molecule has 0 unspecified atom stereocenters. The van der Waals surface area contributed by atoms with E-state index < -0.39 is 5.60 Å². The minimum absolute atomic E-state index is 0.373. The molecule has 0 aliphatic carbocycles. The van der Waals surface area contributed by atoms with Crippen molar-refractivity contribution in [2.75, 3.05) is 7.05 Å². The first-order valence-corrected chi connectivity index (χ1v) is 8.10. The number of benzene rings is 2. The molecule has 4 heteroatoms. The molecule has 0 saturated heterocycles. The van der Waals surface area contributed by atoms with Crippen LogP contribution in [0.5, 0.6) is 0 Å². The van der Waals surface area contributed by atoms with Crippen molar-refractivity contribution in [1.29, 1.82) is 0 Å². The Bertz CT molecular complexity index is 781. The molecule has 2 aromatic carbocycles. The van der Waals surface area contributed by atoms with Crippen LogP contribution in [-0.2, 0) is 16.9 Å². The van der Waals surface area contributed by atoms with Gasteiger partial charge in [0.2, 0.25) is 0 Å². The van der Waals surface area contributed by atoms with Crippen molar-refractivity contribution < 1.29 is 9.90 Å². The van der Waals surface area contributed by atoms with E-state index in [0.29, 0.717) is 17.7 Å². The fraction of sp³-hybridized carbons (Fsp3) is 0.143. The smallest absolute Gasteiger partial charge is 0.264 e. The molecule has 0 aliphatic rings. The van der Waals surface area contributed by atoms with Crippen molar-refractivity contribution in [3.05, 3.63) is 102 Å². The van der Waals surface area contributed by atoms with Crippen LogP contribution in [0.2, 0.25) is 0 Å². The predicted molar refractivity (Wildman–Crippen MR) is 96.6 cm³/mol. The molecule has 25 heavy (non-hydrogen) atoms. The lowest BCUT2D eigenvalue weighted by molar-refractivity contribution is -0.147. The summed E-state index contributed by atoms with van der Waals surface area (Å²) in [6.45, 7) is 0.392. The van der Waals surface area contributed by atoms with E-state index in [2.05, 4.69) is 4.98 Å². The molecule has 0 saturated carbocycles. The first-order valence-electron chi connectivity index (χ1n) is 8.10. The van der Waals surface area contributed by atoms with Crippen LogP contribution < -0.4 is 0 Å². The van der Waals surface area contributed by atoms with E-state index in [-0.39, 0.29) is 5.91 Å². The summed E-state index contributed by atoms with van der Waals surface area (Å²) in [5, 5.41) is 11.5. The Hall–Kier alpha value is -2.98. The Balaban J connectivity index is 1.98. The summed E-state index contributed by atoms with van der Waals surface area (Å²) in [7, 11) is 1.69. The van der Waals surface area contributed by atoms with Crippen LogP contribution in [0.4, 0.5) is 0 Å². The Morgan fingerprint density at radius 3 is 1.88 bits per heavy atom. The van der Waals surface area contributed by atoms with E-state index in [1.54, 1.807) is 43.7 Å². The Morgan fingerprint density at radius 2 is 1.40 bits per heavy atom. The SMILES string of the molecule is CN(Cc1ccncc1)C(=O)C(O)(c1ccccc1)c1ccccc1. The minimum atomic E-state index is -1.73. The number of aromatic nitrogens is 1. The maximum absolute atomic E-state index is 13.2. The third-order valence-corrected chi connectivity index (χ3v) is 4.21. The molecule has 1 N–H and O–H groups in total. The lowest BCUT2D eigenvalue weighted by atomic mass is 9.85. The quantitative estimate of drug-likeness (QED) is 0.781. The number of aliphatic hydroxyl groups is 1. The molecule has 0 fully saturated rings. The number of carbonyl (C=O) groups is 1. The predicted octanol–water partition coefficient (Wildman–Crippen LogP) is 2.98. The molecule has 1 amide bonds. The molecule has 1 aromatic heterocycles. The molecule has 3 aromatic rings. The summed E-state index contributed by atoms with van der Waals surface area (Å²) in [6.07, 6.45) is 3.38. The van der Waals surface area contributed by atoms with Gasteiger partial charge < -0.3 is 10.0 Å². The summed E-state index contributed by atoms with van der Waals surface area (Å²) < 4.78 is 0. The second kappa shape index (κ2) is 7.28. The van der Waals surface area contributed by atoms with Gasteiger partial charge in [-0.2, -0.15) is 0 Å². The average molecular weight is 332 g/mol. The molecule has 0 atom stereocenters. The molecule has 3 rings (SSSR count). The highest BCUT2D eigenvalue weighted by atomic mass is 16.3. The van der Waals surface area contributed by atoms with Crippen molar-refractivity contribution in [1.82, 2.24) is 9.88 Å². The Kier molecular flexibility index (Phi) is 4.91. The van der Waals surface area contributed by atoms with Gasteiger partial charge in [0.15, 0.2) is 5.60 Å². The van der Waals surface area contributed by atoms with E-state index in [1.165, 1.54) is 4.90 Å². The highest BCUT2D eigenvalue weighted by Crippen LogP contribution is 2.31. The van der Waals surface area contributed by atoms with Crippen LogP contribution >= 0.6 is 0 Å². The van der Waals surface area contributed by atoms with Crippen LogP contribution in [-0.4, -0.2) is 27.9 Å². The summed E-state index contributed by atoms with van der Waals surface area (Å²) >= 11 is 0. The average Bonchev–Trinajstić information content (AvgIpc) is 2.69. The molecule has 0 bridgehead atoms. The molecular weight excluding hydrogens is 312 g/mol. The lowest BCUT2D eigenvalue weighted by Crippen LogP contribution is -2.45. The van der Waals surface area contributed by atoms with E-state index in [4.69, 9.17) is 0 Å². The van der Waals surface area contributed by atoms with Crippen LogP contribution in [0.3, 0.4) is 0 Å². The minimum Gasteiger partial charge on any atom is -0.372 e. The molecule has 0 spiro atoms. The number of nitrogens with zero attached hydrogens (tertiary/aromatic N) is 2. The second-order valence-electron chi connectivity index (χ2n) is 5.96. The first kappa shape index (κ1) is 16.9. The topological polar surface area (TPSA) is 53.4 Å². The Morgan fingerprint density at radius 1 is 0.920 bits per heavy atom. The third-order valence-electron chi connectivity index (χ3n) is 4.21. The summed E-state index contributed by atoms with van der Waals surface area (Å²) in [5.74, 6) is -0.373. The van der Waals surface area contributed by atoms with Gasteiger partial charge in [0.1, 0.15) is 0 Å². The number of pyridine rings is 1. The number of rotatable bonds is 5. The van der Waals surface area contributed by atoms with Crippen molar-refractivity contribution in [2.24, 2.45) is 0 Å². The van der Waals surface area contributed by atoms with Gasteiger partial charge >= 0.3 is 0 Å². The number of amides is 1. The van der Waals surface area contributed by atoms with Gasteiger partial charge in [-0.05, 0) is 28.8 Å². The van der Waals surface area contributed by atoms with E-state index in [1.807, 2.05) is 48.5 Å². The highest BCUT2D eigenvalue weighted by molar-refractivity contribution is 5.90. The van der Waals surface area contributed by atoms with Crippen LogP contribution in [0, 0.1) is 0 Å². The lowest BCUT2D eigenvalue weighted by Gasteiger charge is -2.32. The van der Waals surface area contributed by atoms with E-state index >= 15 is 0 Å². The maximum Gasteiger partial charge on any atom is 0.264 e. The summed E-state index contributed by atoms with van der Waals surface area (Å²) in [5.41, 5.74) is 0.319. The molecule has 0 radical (unpaired) electrons. The van der Waals surface area contributed by atoms with E-state index in [9.17, 15) is 9.90 Å². The monoisotopic (exact) mass is 332 g/mol. The fourth-order valence-electron chi connectivity index (χ4n) is 2.88. The van der Waals surface area contributed by atoms with Gasteiger partial charge in [0, 0.05) is 26.0 Å². The molecule has 0 aliphatic heterocycles. The van der Waals surface area contributed by atoms with Crippen LogP contribution in [0.15, 0.2) is 85.2 Å². The second-order valence-corrected chi connectivity index (χ2v) is 5.96. The Labute approximate surface area is 147 Å². The molecule has 126 valence electrons. The van der Waals surface area contributed by atoms with Gasteiger partial charge in [-0.25, -0.2) is 0 Å². The molecular formula is C21H20N2O2. The molecule has 4 nitrogen and oxygen atoms in total. The largest absolute Gasteiger partial charge is 0.372 e. The number of hydrogen-bond acceptors (Lipinski definition) is 3. The van der Waals surface area contributed by atoms with Gasteiger partial charge in [0.05, 0.1) is 0 Å². The molecule has 1 heterocycles. The van der Waals surface area contributed by atoms with Crippen molar-refractivity contribution >= 4 is 5.91 Å². The van der Waals surface area contributed by atoms with Gasteiger partial charge in [-0.15, -0.1) is 0 Å². The number of hydrogen-bond donors (Lipinski definition) is 1. The fourth-order valence-corrected chi connectivity index (χ4v) is 2.88. The zero-order valence-corrected chi connectivity index (χ0v) is 14.0. The third kappa shape index (κ3) is 3.44. The standard InChI is InChI=1S/C21H20N2O2/c1-23(16-17-12-14-22-15-13-17)20(24)21(25,18-8-4-2-5-9-18)19-10-6-3-7-11-19/h2-15,25H,16H2,1H3. The maximum atomic E-state index is 13.2. The van der Waals surface area contributed by atoms with Crippen molar-refractivity contribution in [2.45, 2.75) is 12.1 Å². The zero-order valence-electron chi connectivity index (χ0n) is 14.0.